The van der Waals surface area contributed by atoms with Gasteiger partial charge in [-0.15, -0.1) is 0 Å². The van der Waals surface area contributed by atoms with Gasteiger partial charge in [0.2, 0.25) is 0 Å². The van der Waals surface area contributed by atoms with E-state index >= 15 is 0 Å². The molecule has 0 spiro atoms. The summed E-state index contributed by atoms with van der Waals surface area (Å²) in [5, 5.41) is 21.9. The molecule has 1 atom stereocenters. The zero-order valence-corrected chi connectivity index (χ0v) is 10.2. The Morgan fingerprint density at radius 1 is 1.39 bits per heavy atom. The number of amides is 2. The third kappa shape index (κ3) is 7.53. The van der Waals surface area contributed by atoms with Gasteiger partial charge in [0.15, 0.2) is 0 Å². The molecule has 2 amide bonds. The summed E-state index contributed by atoms with van der Waals surface area (Å²) in [6.07, 6.45) is 3.56. The molecule has 0 fully saturated rings. The first-order valence-corrected chi connectivity index (χ1v) is 5.61. The Morgan fingerprint density at radius 3 is 2.22 bits per heavy atom. The maximum Gasteiger partial charge on any atom is 0.320 e. The van der Waals surface area contributed by atoms with Crippen LogP contribution in [0.1, 0.15) is 19.8 Å². The number of carbonyl (C=O) groups excluding carboxylic acids is 2. The standard InChI is InChI=1S/C7H15NO3.C4H3NO2/c1-2-4-8-6(3-5-9)7(10)11;6-3-1-2-4(7)5-3/h6,8-9H,2-5H2,1H3,(H,10,11);1-2H,(H,5,6,7)/t6-;/m0./s1. The van der Waals surface area contributed by atoms with E-state index in [1.165, 1.54) is 12.2 Å². The maximum atomic E-state index is 10.4. The Balaban J connectivity index is 0.000000351. The molecule has 1 aliphatic rings. The quantitative estimate of drug-likeness (QED) is 0.455. The Labute approximate surface area is 105 Å². The van der Waals surface area contributed by atoms with E-state index in [2.05, 4.69) is 5.32 Å². The van der Waals surface area contributed by atoms with Crippen LogP contribution < -0.4 is 10.6 Å². The monoisotopic (exact) mass is 258 g/mol. The Bertz CT molecular complexity index is 311. The molecule has 0 saturated carbocycles. The van der Waals surface area contributed by atoms with E-state index in [-0.39, 0.29) is 24.8 Å². The first-order chi connectivity index (χ1) is 8.51. The first-order valence-electron chi connectivity index (χ1n) is 5.61. The molecule has 1 rings (SSSR count). The molecular weight excluding hydrogens is 240 g/mol. The van der Waals surface area contributed by atoms with Gasteiger partial charge in [0, 0.05) is 18.8 Å². The van der Waals surface area contributed by atoms with Crippen molar-refractivity contribution >= 4 is 17.8 Å². The van der Waals surface area contributed by atoms with Gasteiger partial charge in [-0.1, -0.05) is 6.92 Å². The molecule has 0 aromatic carbocycles. The van der Waals surface area contributed by atoms with Gasteiger partial charge < -0.3 is 15.5 Å². The van der Waals surface area contributed by atoms with Crippen molar-refractivity contribution in [2.75, 3.05) is 13.2 Å². The van der Waals surface area contributed by atoms with Gasteiger partial charge in [-0.25, -0.2) is 0 Å². The van der Waals surface area contributed by atoms with Crippen LogP contribution in [0, 0.1) is 0 Å². The molecule has 102 valence electrons. The predicted octanol–water partition coefficient (Wildman–Crippen LogP) is -0.979. The zero-order chi connectivity index (χ0) is 14.0. The summed E-state index contributed by atoms with van der Waals surface area (Å²) in [4.78, 5) is 30.5. The van der Waals surface area contributed by atoms with Crippen LogP contribution in [0.3, 0.4) is 0 Å². The third-order valence-corrected chi connectivity index (χ3v) is 1.99. The minimum atomic E-state index is -0.896. The van der Waals surface area contributed by atoms with Crippen LogP contribution in [0.15, 0.2) is 12.2 Å². The molecular formula is C11H18N2O5. The van der Waals surface area contributed by atoms with Gasteiger partial charge >= 0.3 is 5.97 Å². The van der Waals surface area contributed by atoms with Crippen LogP contribution in [0.5, 0.6) is 0 Å². The van der Waals surface area contributed by atoms with Crippen LogP contribution in [-0.4, -0.2) is 47.2 Å². The van der Waals surface area contributed by atoms with E-state index in [1.807, 2.05) is 12.2 Å². The number of rotatable bonds is 6. The largest absolute Gasteiger partial charge is 0.480 e. The van der Waals surface area contributed by atoms with E-state index in [9.17, 15) is 14.4 Å². The average Bonchev–Trinajstić information content (AvgIpc) is 2.69. The molecule has 0 radical (unpaired) electrons. The Kier molecular flexibility index (Phi) is 8.42. The molecule has 0 aromatic heterocycles. The molecule has 7 nitrogen and oxygen atoms in total. The number of carbonyl (C=O) groups is 3. The molecule has 0 bridgehead atoms. The fourth-order valence-corrected chi connectivity index (χ4v) is 1.12. The van der Waals surface area contributed by atoms with Crippen molar-refractivity contribution < 1.29 is 24.6 Å². The number of aliphatic hydroxyl groups is 1. The summed E-state index contributed by atoms with van der Waals surface area (Å²) < 4.78 is 0. The lowest BCUT2D eigenvalue weighted by molar-refractivity contribution is -0.140. The molecule has 1 heterocycles. The van der Waals surface area contributed by atoms with E-state index in [0.717, 1.165) is 6.42 Å². The van der Waals surface area contributed by atoms with Gasteiger partial charge in [0.05, 0.1) is 0 Å². The van der Waals surface area contributed by atoms with Crippen molar-refractivity contribution in [2.24, 2.45) is 0 Å². The highest BCUT2D eigenvalue weighted by atomic mass is 16.4. The van der Waals surface area contributed by atoms with Gasteiger partial charge in [0.25, 0.3) is 11.8 Å². The maximum absolute atomic E-state index is 10.4. The second-order valence-electron chi connectivity index (χ2n) is 3.54. The van der Waals surface area contributed by atoms with Crippen LogP contribution in [0.25, 0.3) is 0 Å². The second-order valence-corrected chi connectivity index (χ2v) is 3.54. The lowest BCUT2D eigenvalue weighted by Gasteiger charge is -2.11. The van der Waals surface area contributed by atoms with E-state index in [4.69, 9.17) is 10.2 Å². The van der Waals surface area contributed by atoms with E-state index in [0.29, 0.717) is 6.54 Å². The highest BCUT2D eigenvalue weighted by Crippen LogP contribution is 1.90. The Hall–Kier alpha value is -1.73. The first kappa shape index (κ1) is 16.3. The molecule has 0 aromatic rings. The fraction of sp³-hybridized carbons (Fsp3) is 0.545. The van der Waals surface area contributed by atoms with Crippen LogP contribution in [0.2, 0.25) is 0 Å². The van der Waals surface area contributed by atoms with Crippen molar-refractivity contribution in [3.8, 4) is 0 Å². The van der Waals surface area contributed by atoms with Crippen LogP contribution >= 0.6 is 0 Å². The van der Waals surface area contributed by atoms with E-state index < -0.39 is 12.0 Å². The van der Waals surface area contributed by atoms with Gasteiger partial charge in [-0.05, 0) is 19.4 Å². The summed E-state index contributed by atoms with van der Waals surface area (Å²) >= 11 is 0. The van der Waals surface area contributed by atoms with Crippen LogP contribution in [0.4, 0.5) is 0 Å². The molecule has 7 heteroatoms. The number of carboxylic acids is 1. The van der Waals surface area contributed by atoms with Gasteiger partial charge in [-0.3, -0.25) is 19.7 Å². The fourth-order valence-electron chi connectivity index (χ4n) is 1.12. The van der Waals surface area contributed by atoms with Gasteiger partial charge in [0.1, 0.15) is 6.04 Å². The van der Waals surface area contributed by atoms with Crippen molar-refractivity contribution in [3.05, 3.63) is 12.2 Å². The number of aliphatic hydroxyl groups excluding tert-OH is 1. The number of carboxylic acid groups (broad SMARTS) is 1. The zero-order valence-electron chi connectivity index (χ0n) is 10.2. The smallest absolute Gasteiger partial charge is 0.320 e. The minimum absolute atomic E-state index is 0.0896. The number of hydrogen-bond donors (Lipinski definition) is 4. The third-order valence-electron chi connectivity index (χ3n) is 1.99. The summed E-state index contributed by atoms with van der Waals surface area (Å²) in [5.41, 5.74) is 0. The highest BCUT2D eigenvalue weighted by Gasteiger charge is 2.14. The van der Waals surface area contributed by atoms with Crippen molar-refractivity contribution in [2.45, 2.75) is 25.8 Å². The molecule has 0 aliphatic carbocycles. The SMILES string of the molecule is CCCN[C@@H](CCO)C(=O)O.O=C1C=CC(=O)N1. The van der Waals surface area contributed by atoms with Crippen molar-refractivity contribution in [1.82, 2.24) is 10.6 Å². The minimum Gasteiger partial charge on any atom is -0.480 e. The number of nitrogens with one attached hydrogen (secondary N) is 2. The predicted molar refractivity (Wildman–Crippen MR) is 63.7 cm³/mol. The molecule has 1 aliphatic heterocycles. The summed E-state index contributed by atoms with van der Waals surface area (Å²) in [6, 6.07) is -0.597. The number of aliphatic carboxylic acids is 1. The van der Waals surface area contributed by atoms with E-state index in [1.54, 1.807) is 0 Å². The van der Waals surface area contributed by atoms with Crippen molar-refractivity contribution in [3.63, 3.8) is 0 Å². The number of imide groups is 1. The molecule has 0 saturated heterocycles. The number of hydrogen-bond acceptors (Lipinski definition) is 5. The molecule has 4 N–H and O–H groups in total. The topological polar surface area (TPSA) is 116 Å². The van der Waals surface area contributed by atoms with Crippen molar-refractivity contribution in [1.29, 1.82) is 0 Å². The Morgan fingerprint density at radius 2 is 1.94 bits per heavy atom. The normalized spacial score (nSPS) is 14.8. The molecule has 18 heavy (non-hydrogen) atoms. The molecule has 0 unspecified atom stereocenters. The lowest BCUT2D eigenvalue weighted by Crippen LogP contribution is -2.37. The average molecular weight is 258 g/mol. The van der Waals surface area contributed by atoms with Gasteiger partial charge in [-0.2, -0.15) is 0 Å². The summed E-state index contributed by atoms with van der Waals surface area (Å²) in [7, 11) is 0. The van der Waals surface area contributed by atoms with Crippen LogP contribution in [-0.2, 0) is 14.4 Å². The second kappa shape index (κ2) is 9.32. The summed E-state index contributed by atoms with van der Waals surface area (Å²) in [5.74, 6) is -1.55. The highest BCUT2D eigenvalue weighted by molar-refractivity contribution is 6.12. The lowest BCUT2D eigenvalue weighted by atomic mass is 10.2. The summed E-state index contributed by atoms with van der Waals surface area (Å²) in [6.45, 7) is 2.55.